The Morgan fingerprint density at radius 3 is 2.61 bits per heavy atom. The molecule has 0 fully saturated rings. The molecule has 170 valence electrons. The number of rotatable bonds is 7. The van der Waals surface area contributed by atoms with Crippen LogP contribution in [-0.4, -0.2) is 40.6 Å². The number of ketones is 1. The van der Waals surface area contributed by atoms with Gasteiger partial charge >= 0.3 is 5.97 Å². The SMILES string of the molecule is CC1=C(CC/C(C)=C/CCC2=CC[C@H](C3=CC(=O)O[C@H]3O)O[C@H]2O)C(C)(C)CCC1=O. The van der Waals surface area contributed by atoms with Crippen molar-refractivity contribution in [2.45, 2.75) is 91.3 Å². The lowest BCUT2D eigenvalue weighted by Gasteiger charge is -2.34. The molecule has 2 N–H and O–H groups in total. The van der Waals surface area contributed by atoms with Gasteiger partial charge in [0.15, 0.2) is 12.1 Å². The number of esters is 1. The van der Waals surface area contributed by atoms with E-state index in [1.54, 1.807) is 0 Å². The van der Waals surface area contributed by atoms with Crippen molar-refractivity contribution in [3.63, 3.8) is 0 Å². The molecule has 3 atom stereocenters. The second-order valence-corrected chi connectivity index (χ2v) is 9.43. The van der Waals surface area contributed by atoms with Crippen molar-refractivity contribution in [3.05, 3.63) is 46.1 Å². The number of allylic oxidation sites excluding steroid dienone is 4. The Morgan fingerprint density at radius 1 is 1.23 bits per heavy atom. The molecule has 0 aromatic rings. The molecule has 3 aliphatic rings. The summed E-state index contributed by atoms with van der Waals surface area (Å²) >= 11 is 0. The van der Waals surface area contributed by atoms with E-state index in [1.807, 2.05) is 13.0 Å². The van der Waals surface area contributed by atoms with E-state index in [0.29, 0.717) is 24.8 Å². The predicted molar refractivity (Wildman–Crippen MR) is 117 cm³/mol. The van der Waals surface area contributed by atoms with Crippen LogP contribution in [0.4, 0.5) is 0 Å². The van der Waals surface area contributed by atoms with E-state index >= 15 is 0 Å². The molecule has 0 amide bonds. The fourth-order valence-electron chi connectivity index (χ4n) is 4.65. The van der Waals surface area contributed by atoms with Gasteiger partial charge in [-0.2, -0.15) is 0 Å². The molecule has 31 heavy (non-hydrogen) atoms. The Kier molecular flexibility index (Phi) is 7.35. The minimum Gasteiger partial charge on any atom is -0.429 e. The van der Waals surface area contributed by atoms with Crippen LogP contribution in [0.5, 0.6) is 0 Å². The van der Waals surface area contributed by atoms with Crippen molar-refractivity contribution in [1.29, 1.82) is 0 Å². The third-order valence-corrected chi connectivity index (χ3v) is 6.73. The van der Waals surface area contributed by atoms with Gasteiger partial charge in [-0.15, -0.1) is 0 Å². The van der Waals surface area contributed by atoms with Gasteiger partial charge in [-0.3, -0.25) is 4.79 Å². The van der Waals surface area contributed by atoms with Gasteiger partial charge < -0.3 is 19.7 Å². The van der Waals surface area contributed by atoms with Gasteiger partial charge in [0.05, 0.1) is 6.10 Å². The van der Waals surface area contributed by atoms with Crippen LogP contribution in [0.1, 0.15) is 72.6 Å². The van der Waals surface area contributed by atoms with Crippen molar-refractivity contribution in [3.8, 4) is 0 Å². The average molecular weight is 431 g/mol. The molecule has 0 bridgehead atoms. The first kappa shape index (κ1) is 23.6. The number of hydrogen-bond acceptors (Lipinski definition) is 6. The van der Waals surface area contributed by atoms with Crippen LogP contribution in [0.15, 0.2) is 46.1 Å². The molecule has 0 radical (unpaired) electrons. The first-order valence-electron chi connectivity index (χ1n) is 11.1. The Morgan fingerprint density at radius 2 is 1.97 bits per heavy atom. The van der Waals surface area contributed by atoms with Crippen LogP contribution in [0.25, 0.3) is 0 Å². The monoisotopic (exact) mass is 430 g/mol. The van der Waals surface area contributed by atoms with E-state index in [4.69, 9.17) is 4.74 Å². The number of aliphatic hydroxyl groups excluding tert-OH is 2. The van der Waals surface area contributed by atoms with Crippen LogP contribution < -0.4 is 0 Å². The highest BCUT2D eigenvalue weighted by molar-refractivity contribution is 5.96. The summed E-state index contributed by atoms with van der Waals surface area (Å²) in [6.07, 6.45) is 7.75. The Balaban J connectivity index is 1.51. The van der Waals surface area contributed by atoms with E-state index in [-0.39, 0.29) is 11.2 Å². The Bertz CT molecular complexity index is 857. The topological polar surface area (TPSA) is 93.1 Å². The fourth-order valence-corrected chi connectivity index (χ4v) is 4.65. The minimum absolute atomic E-state index is 0.0845. The van der Waals surface area contributed by atoms with Gasteiger partial charge in [0.2, 0.25) is 6.29 Å². The van der Waals surface area contributed by atoms with E-state index in [2.05, 4.69) is 31.6 Å². The molecule has 0 unspecified atom stereocenters. The number of Topliss-reactive ketones (excluding diaryl/α,β-unsaturated/α-hetero) is 1. The summed E-state index contributed by atoms with van der Waals surface area (Å²) in [4.78, 5) is 23.4. The van der Waals surface area contributed by atoms with Crippen molar-refractivity contribution < 1.29 is 29.3 Å². The third-order valence-electron chi connectivity index (χ3n) is 6.73. The van der Waals surface area contributed by atoms with Gasteiger partial charge in [-0.05, 0) is 68.9 Å². The van der Waals surface area contributed by atoms with Crippen LogP contribution in [-0.2, 0) is 19.1 Å². The number of carbonyl (C=O) groups excluding carboxylic acids is 2. The van der Waals surface area contributed by atoms with Crippen molar-refractivity contribution in [2.75, 3.05) is 0 Å². The van der Waals surface area contributed by atoms with E-state index < -0.39 is 24.7 Å². The first-order valence-corrected chi connectivity index (χ1v) is 11.1. The van der Waals surface area contributed by atoms with E-state index in [1.165, 1.54) is 17.2 Å². The number of ether oxygens (including phenoxy) is 2. The maximum atomic E-state index is 12.1. The first-order chi connectivity index (χ1) is 14.6. The third kappa shape index (κ3) is 5.62. The summed E-state index contributed by atoms with van der Waals surface area (Å²) in [5.74, 6) is -0.313. The normalized spacial score (nSPS) is 29.1. The Labute approximate surface area is 184 Å². The Hall–Kier alpha value is -2.02. The molecular weight excluding hydrogens is 396 g/mol. The highest BCUT2D eigenvalue weighted by Gasteiger charge is 2.34. The average Bonchev–Trinajstić information content (AvgIpc) is 3.04. The molecule has 0 saturated heterocycles. The lowest BCUT2D eigenvalue weighted by molar-refractivity contribution is -0.155. The number of hydrogen-bond donors (Lipinski definition) is 2. The maximum absolute atomic E-state index is 12.1. The number of carbonyl (C=O) groups is 2. The summed E-state index contributed by atoms with van der Waals surface area (Å²) in [6, 6.07) is 0. The molecule has 0 aromatic heterocycles. The van der Waals surface area contributed by atoms with Crippen LogP contribution in [0.3, 0.4) is 0 Å². The molecule has 2 heterocycles. The zero-order chi connectivity index (χ0) is 22.8. The summed E-state index contributed by atoms with van der Waals surface area (Å²) in [5.41, 5.74) is 4.74. The van der Waals surface area contributed by atoms with Crippen molar-refractivity contribution >= 4 is 11.8 Å². The predicted octanol–water partition coefficient (Wildman–Crippen LogP) is 4.03. The summed E-state index contributed by atoms with van der Waals surface area (Å²) in [5, 5.41) is 20.1. The van der Waals surface area contributed by atoms with Gasteiger partial charge in [-0.25, -0.2) is 4.79 Å². The molecule has 2 aliphatic heterocycles. The van der Waals surface area contributed by atoms with Gasteiger partial charge in [-0.1, -0.05) is 37.1 Å². The van der Waals surface area contributed by atoms with E-state index in [0.717, 1.165) is 36.8 Å². The second-order valence-electron chi connectivity index (χ2n) is 9.43. The summed E-state index contributed by atoms with van der Waals surface area (Å²) < 4.78 is 10.3. The molecule has 0 saturated carbocycles. The lowest BCUT2D eigenvalue weighted by Crippen LogP contribution is -2.32. The van der Waals surface area contributed by atoms with Crippen LogP contribution in [0.2, 0.25) is 0 Å². The molecule has 6 heteroatoms. The molecule has 6 nitrogen and oxygen atoms in total. The van der Waals surface area contributed by atoms with E-state index in [9.17, 15) is 19.8 Å². The number of aliphatic hydroxyl groups is 2. The van der Waals surface area contributed by atoms with Gasteiger partial charge in [0.25, 0.3) is 0 Å². The minimum atomic E-state index is -1.30. The molecule has 0 spiro atoms. The summed E-state index contributed by atoms with van der Waals surface area (Å²) in [7, 11) is 0. The highest BCUT2D eigenvalue weighted by atomic mass is 16.6. The molecule has 3 rings (SSSR count). The highest BCUT2D eigenvalue weighted by Crippen LogP contribution is 2.41. The zero-order valence-electron chi connectivity index (χ0n) is 18.9. The smallest absolute Gasteiger partial charge is 0.333 e. The van der Waals surface area contributed by atoms with Gasteiger partial charge in [0.1, 0.15) is 0 Å². The van der Waals surface area contributed by atoms with Crippen LogP contribution >= 0.6 is 0 Å². The molecule has 0 aromatic carbocycles. The fraction of sp³-hybridized carbons (Fsp3) is 0.600. The lowest BCUT2D eigenvalue weighted by atomic mass is 9.70. The van der Waals surface area contributed by atoms with Crippen molar-refractivity contribution in [2.24, 2.45) is 5.41 Å². The number of cyclic esters (lactones) is 1. The van der Waals surface area contributed by atoms with Gasteiger partial charge in [0, 0.05) is 18.1 Å². The standard InChI is InChI=1S/C25H34O6/c1-15(8-10-19-16(2)20(26)12-13-25(19,3)4)6-5-7-17-9-11-21(30-23(17)28)18-14-22(27)31-24(18)29/h6,9,14,21,23-24,28-29H,5,7-8,10-13H2,1-4H3/b15-6+/t21-,23-,24-/m1/s1. The molecule has 1 aliphatic carbocycles. The quantitative estimate of drug-likeness (QED) is 0.468. The maximum Gasteiger partial charge on any atom is 0.333 e. The summed E-state index contributed by atoms with van der Waals surface area (Å²) in [6.45, 7) is 8.52. The zero-order valence-corrected chi connectivity index (χ0v) is 18.9. The largest absolute Gasteiger partial charge is 0.429 e. The van der Waals surface area contributed by atoms with Crippen molar-refractivity contribution in [1.82, 2.24) is 0 Å². The van der Waals surface area contributed by atoms with Crippen LogP contribution in [0, 0.1) is 5.41 Å². The molecular formula is C25H34O6. The second kappa shape index (κ2) is 9.63.